The van der Waals surface area contributed by atoms with Crippen molar-refractivity contribution in [1.29, 1.82) is 0 Å². The Morgan fingerprint density at radius 1 is 0.931 bits per heavy atom. The number of methoxy groups -OCH3 is 2. The van der Waals surface area contributed by atoms with Crippen LogP contribution in [-0.2, 0) is 6.54 Å². The number of fused-ring (bicyclic) bond motifs is 9. The van der Waals surface area contributed by atoms with Gasteiger partial charge in [-0.2, -0.15) is 0 Å². The maximum atomic E-state index is 5.64. The average molecular weight is 390 g/mol. The van der Waals surface area contributed by atoms with Gasteiger partial charge in [0.05, 0.1) is 37.6 Å². The Hall–Kier alpha value is -3.48. The van der Waals surface area contributed by atoms with Crippen molar-refractivity contribution in [2.24, 2.45) is 0 Å². The molecule has 7 heteroatoms. The summed E-state index contributed by atoms with van der Waals surface area (Å²) in [6.07, 6.45) is 1.94. The summed E-state index contributed by atoms with van der Waals surface area (Å²) in [7, 11) is 5.45. The van der Waals surface area contributed by atoms with Gasteiger partial charge in [-0.15, -0.1) is 0 Å². The number of rotatable bonds is 2. The van der Waals surface area contributed by atoms with Gasteiger partial charge >= 0.3 is 0 Å². The zero-order valence-corrected chi connectivity index (χ0v) is 16.5. The summed E-state index contributed by atoms with van der Waals surface area (Å²) in [5.41, 5.74) is 2.04. The van der Waals surface area contributed by atoms with Crippen molar-refractivity contribution in [3.63, 3.8) is 0 Å². The van der Waals surface area contributed by atoms with Crippen LogP contribution < -0.4 is 28.4 Å². The van der Waals surface area contributed by atoms with Crippen molar-refractivity contribution in [1.82, 2.24) is 4.98 Å². The van der Waals surface area contributed by atoms with Crippen LogP contribution in [0.3, 0.4) is 0 Å². The molecule has 2 aromatic heterocycles. The van der Waals surface area contributed by atoms with E-state index in [-0.39, 0.29) is 6.79 Å². The fourth-order valence-corrected chi connectivity index (χ4v) is 4.58. The molecule has 2 aliphatic heterocycles. The molecule has 4 aromatic rings. The standard InChI is InChI=1S/C22H20N3O4/c1-24-4-5-25-21-14-8-19-20(29-11-28-19)9-16(14)23-10-15(21)12-6-17(26-2)18(27-3)7-13(12)22(24)25/h6-10H,4-5,11H2,1-3H3/q+1. The topological polar surface area (TPSA) is 56.9 Å². The Kier molecular flexibility index (Phi) is 3.27. The molecule has 29 heavy (non-hydrogen) atoms. The molecule has 7 nitrogen and oxygen atoms in total. The third-order valence-corrected chi connectivity index (χ3v) is 5.93. The van der Waals surface area contributed by atoms with Crippen LogP contribution in [0.15, 0.2) is 30.5 Å². The largest absolute Gasteiger partial charge is 0.493 e. The van der Waals surface area contributed by atoms with Crippen LogP contribution in [0.1, 0.15) is 0 Å². The van der Waals surface area contributed by atoms with Gasteiger partial charge in [0.15, 0.2) is 23.0 Å². The summed E-state index contributed by atoms with van der Waals surface area (Å²) in [5, 5.41) is 4.34. The first-order valence-electron chi connectivity index (χ1n) is 9.54. The minimum Gasteiger partial charge on any atom is -0.493 e. The van der Waals surface area contributed by atoms with Crippen molar-refractivity contribution in [2.75, 3.05) is 39.5 Å². The molecule has 0 radical (unpaired) electrons. The number of hydrogen-bond acceptors (Lipinski definition) is 6. The molecular formula is C22H20N3O4+. The van der Waals surface area contributed by atoms with Crippen molar-refractivity contribution < 1.29 is 23.5 Å². The van der Waals surface area contributed by atoms with E-state index in [1.807, 2.05) is 24.4 Å². The molecule has 0 unspecified atom stereocenters. The molecule has 0 amide bonds. The predicted molar refractivity (Wildman–Crippen MR) is 109 cm³/mol. The van der Waals surface area contributed by atoms with Crippen LogP contribution in [0.4, 0.5) is 5.82 Å². The molecule has 0 spiro atoms. The zero-order chi connectivity index (χ0) is 19.7. The van der Waals surface area contributed by atoms with Crippen molar-refractivity contribution in [3.05, 3.63) is 30.5 Å². The number of anilines is 1. The second-order valence-corrected chi connectivity index (χ2v) is 7.39. The summed E-state index contributed by atoms with van der Waals surface area (Å²) in [6.45, 7) is 2.09. The quantitative estimate of drug-likeness (QED) is 0.387. The summed E-state index contributed by atoms with van der Waals surface area (Å²) < 4.78 is 24.7. The van der Waals surface area contributed by atoms with Gasteiger partial charge < -0.3 is 18.9 Å². The molecule has 2 aliphatic rings. The Balaban J connectivity index is 1.83. The van der Waals surface area contributed by atoms with E-state index in [0.29, 0.717) is 5.75 Å². The lowest BCUT2D eigenvalue weighted by Gasteiger charge is -2.15. The minimum atomic E-state index is 0.248. The molecule has 0 saturated carbocycles. The molecule has 0 fully saturated rings. The van der Waals surface area contributed by atoms with E-state index in [0.717, 1.165) is 62.9 Å². The van der Waals surface area contributed by atoms with Crippen molar-refractivity contribution >= 4 is 38.4 Å². The highest BCUT2D eigenvalue weighted by atomic mass is 16.7. The van der Waals surface area contributed by atoms with Crippen molar-refractivity contribution in [3.8, 4) is 23.0 Å². The zero-order valence-electron chi connectivity index (χ0n) is 16.5. The van der Waals surface area contributed by atoms with E-state index in [4.69, 9.17) is 23.9 Å². The van der Waals surface area contributed by atoms with E-state index >= 15 is 0 Å². The van der Waals surface area contributed by atoms with Gasteiger partial charge in [0.25, 0.3) is 5.82 Å². The van der Waals surface area contributed by atoms with Crippen molar-refractivity contribution in [2.45, 2.75) is 6.54 Å². The first kappa shape index (κ1) is 16.5. The Labute approximate surface area is 167 Å². The molecule has 0 saturated heterocycles. The Morgan fingerprint density at radius 3 is 2.41 bits per heavy atom. The first-order chi connectivity index (χ1) is 14.2. The van der Waals surface area contributed by atoms with Gasteiger partial charge in [-0.3, -0.25) is 9.88 Å². The summed E-state index contributed by atoms with van der Waals surface area (Å²) in [6, 6.07) is 8.11. The molecule has 0 N–H and O–H groups in total. The number of hydrogen-bond donors (Lipinski definition) is 0. The average Bonchev–Trinajstić information content (AvgIpc) is 3.36. The lowest BCUT2D eigenvalue weighted by atomic mass is 10.0. The molecule has 146 valence electrons. The monoisotopic (exact) mass is 390 g/mol. The SMILES string of the molecule is COc1cc2c3[n+](c4c5cc6c(cc5ncc4c2cc1OC)OCO6)CCN3C. The molecular weight excluding hydrogens is 370 g/mol. The van der Waals surface area contributed by atoms with Gasteiger partial charge in [0.1, 0.15) is 18.6 Å². The van der Waals surface area contributed by atoms with Crippen LogP contribution in [0.2, 0.25) is 0 Å². The van der Waals surface area contributed by atoms with Crippen LogP contribution in [-0.4, -0.2) is 39.6 Å². The van der Waals surface area contributed by atoms with Crippen LogP contribution in [0, 0.1) is 0 Å². The third-order valence-electron chi connectivity index (χ3n) is 5.93. The van der Waals surface area contributed by atoms with Gasteiger partial charge in [-0.05, 0) is 12.1 Å². The fraction of sp³-hybridized carbons (Fsp3) is 0.273. The maximum Gasteiger partial charge on any atom is 0.285 e. The van der Waals surface area contributed by atoms with Crippen LogP contribution >= 0.6 is 0 Å². The highest BCUT2D eigenvalue weighted by Gasteiger charge is 2.32. The minimum absolute atomic E-state index is 0.248. The highest BCUT2D eigenvalue weighted by molar-refractivity contribution is 6.15. The van der Waals surface area contributed by atoms with Gasteiger partial charge in [0, 0.05) is 29.1 Å². The molecule has 0 aliphatic carbocycles. The van der Waals surface area contributed by atoms with E-state index in [1.165, 1.54) is 5.82 Å². The number of aromatic nitrogens is 2. The summed E-state index contributed by atoms with van der Waals surface area (Å²) in [4.78, 5) is 7.03. The second kappa shape index (κ2) is 5.76. The van der Waals surface area contributed by atoms with E-state index < -0.39 is 0 Å². The highest BCUT2D eigenvalue weighted by Crippen LogP contribution is 2.42. The molecule has 6 rings (SSSR count). The number of nitrogens with zero attached hydrogens (tertiary/aromatic N) is 3. The van der Waals surface area contributed by atoms with E-state index in [1.54, 1.807) is 14.2 Å². The van der Waals surface area contributed by atoms with E-state index in [2.05, 4.69) is 22.6 Å². The summed E-state index contributed by atoms with van der Waals surface area (Å²) in [5.74, 6) is 4.10. The third kappa shape index (κ3) is 2.12. The van der Waals surface area contributed by atoms with Gasteiger partial charge in [0.2, 0.25) is 6.79 Å². The number of benzene rings is 2. The fourth-order valence-electron chi connectivity index (χ4n) is 4.58. The Morgan fingerprint density at radius 2 is 1.66 bits per heavy atom. The maximum absolute atomic E-state index is 5.64. The number of pyridine rings is 2. The van der Waals surface area contributed by atoms with Crippen LogP contribution in [0.5, 0.6) is 23.0 Å². The van der Waals surface area contributed by atoms with E-state index in [9.17, 15) is 0 Å². The lowest BCUT2D eigenvalue weighted by Crippen LogP contribution is -2.32. The second-order valence-electron chi connectivity index (χ2n) is 7.39. The first-order valence-corrected chi connectivity index (χ1v) is 9.54. The summed E-state index contributed by atoms with van der Waals surface area (Å²) >= 11 is 0. The molecule has 0 bridgehead atoms. The molecule has 0 atom stereocenters. The number of ether oxygens (including phenoxy) is 4. The lowest BCUT2D eigenvalue weighted by molar-refractivity contribution is -0.642. The molecule has 2 aromatic carbocycles. The normalized spacial score (nSPS) is 14.8. The number of likely N-dealkylation sites (N-methyl/N-ethyl adjacent to an activating group) is 1. The predicted octanol–water partition coefficient (Wildman–Crippen LogP) is 3.02. The van der Waals surface area contributed by atoms with Crippen LogP contribution in [0.25, 0.3) is 32.6 Å². The molecule has 4 heterocycles. The van der Waals surface area contributed by atoms with Gasteiger partial charge in [-0.1, -0.05) is 0 Å². The smallest absolute Gasteiger partial charge is 0.285 e. The Bertz CT molecular complexity index is 1340. The van der Waals surface area contributed by atoms with Gasteiger partial charge in [-0.25, -0.2) is 4.57 Å².